The largest absolute Gasteiger partial charge is 0.467 e. The third kappa shape index (κ3) is 2.47. The fraction of sp³-hybridized carbons (Fsp3) is 0.231. The van der Waals surface area contributed by atoms with E-state index in [9.17, 15) is 0 Å². The zero-order valence-corrected chi connectivity index (χ0v) is 11.0. The molecular weight excluding hydrogens is 266 g/mol. The molecule has 2 rings (SSSR count). The number of nitrogens with one attached hydrogen (secondary N) is 1. The third-order valence-corrected chi connectivity index (χ3v) is 3.09. The van der Waals surface area contributed by atoms with Crippen LogP contribution in [0, 0.1) is 13.8 Å². The molecule has 1 aromatic carbocycles. The number of hydrogen-bond acceptors (Lipinski definition) is 2. The molecule has 0 saturated carbocycles. The molecule has 1 aromatic heterocycles. The van der Waals surface area contributed by atoms with E-state index in [-0.39, 0.29) is 0 Å². The molecule has 0 saturated heterocycles. The van der Waals surface area contributed by atoms with E-state index in [0.29, 0.717) is 0 Å². The maximum absolute atomic E-state index is 5.38. The number of furan rings is 1. The Bertz CT molecular complexity index is 490. The van der Waals surface area contributed by atoms with E-state index in [4.69, 9.17) is 4.42 Å². The number of aryl methyl sites for hydroxylation is 2. The van der Waals surface area contributed by atoms with Crippen LogP contribution in [0.15, 0.2) is 39.4 Å². The second-order valence-corrected chi connectivity index (χ2v) is 4.76. The van der Waals surface area contributed by atoms with Crippen LogP contribution in [-0.4, -0.2) is 0 Å². The van der Waals surface area contributed by atoms with Gasteiger partial charge in [-0.25, -0.2) is 0 Å². The smallest absolute Gasteiger partial charge is 0.125 e. The van der Waals surface area contributed by atoms with Crippen molar-refractivity contribution in [1.29, 1.82) is 0 Å². The lowest BCUT2D eigenvalue weighted by molar-refractivity contribution is 0.515. The molecule has 1 heterocycles. The maximum atomic E-state index is 5.38. The average Bonchev–Trinajstić information content (AvgIpc) is 2.63. The van der Waals surface area contributed by atoms with E-state index in [0.717, 1.165) is 22.5 Å². The second-order valence-electron chi connectivity index (χ2n) is 3.84. The van der Waals surface area contributed by atoms with Gasteiger partial charge in [0.15, 0.2) is 0 Å². The van der Waals surface area contributed by atoms with Crippen LogP contribution < -0.4 is 5.32 Å². The van der Waals surface area contributed by atoms with Gasteiger partial charge in [0.1, 0.15) is 5.76 Å². The molecule has 84 valence electrons. The first-order valence-electron chi connectivity index (χ1n) is 5.20. The summed E-state index contributed by atoms with van der Waals surface area (Å²) in [6, 6.07) is 8.17. The number of halogens is 1. The first-order chi connectivity index (χ1) is 7.66. The van der Waals surface area contributed by atoms with Gasteiger partial charge in [-0.3, -0.25) is 0 Å². The van der Waals surface area contributed by atoms with Crippen LogP contribution in [-0.2, 0) is 6.54 Å². The van der Waals surface area contributed by atoms with Crippen molar-refractivity contribution in [3.8, 4) is 0 Å². The summed E-state index contributed by atoms with van der Waals surface area (Å²) >= 11 is 3.45. The van der Waals surface area contributed by atoms with Crippen molar-refractivity contribution in [3.63, 3.8) is 0 Å². The Balaban J connectivity index is 2.08. The van der Waals surface area contributed by atoms with Crippen LogP contribution in [0.5, 0.6) is 0 Å². The van der Waals surface area contributed by atoms with Gasteiger partial charge in [0.25, 0.3) is 0 Å². The first-order valence-corrected chi connectivity index (χ1v) is 5.99. The van der Waals surface area contributed by atoms with Crippen LogP contribution in [0.4, 0.5) is 5.69 Å². The van der Waals surface area contributed by atoms with Crippen molar-refractivity contribution >= 4 is 21.6 Å². The molecule has 1 N–H and O–H groups in total. The molecule has 3 heteroatoms. The van der Waals surface area contributed by atoms with Crippen molar-refractivity contribution in [2.24, 2.45) is 0 Å². The quantitative estimate of drug-likeness (QED) is 0.908. The standard InChI is InChI=1S/C13H14BrNO/c1-9-5-6-16-13(9)8-15-12-4-3-11(14)7-10(12)2/h3-7,15H,8H2,1-2H3. The normalized spacial score (nSPS) is 10.4. The van der Waals surface area contributed by atoms with Crippen molar-refractivity contribution in [2.45, 2.75) is 20.4 Å². The van der Waals surface area contributed by atoms with Crippen LogP contribution in [0.3, 0.4) is 0 Å². The van der Waals surface area contributed by atoms with Crippen LogP contribution in [0.1, 0.15) is 16.9 Å². The molecule has 2 aromatic rings. The van der Waals surface area contributed by atoms with Gasteiger partial charge in [0.2, 0.25) is 0 Å². The van der Waals surface area contributed by atoms with Crippen molar-refractivity contribution < 1.29 is 4.42 Å². The highest BCUT2D eigenvalue weighted by atomic mass is 79.9. The maximum Gasteiger partial charge on any atom is 0.125 e. The Kier molecular flexibility index (Phi) is 3.34. The molecule has 2 nitrogen and oxygen atoms in total. The third-order valence-electron chi connectivity index (χ3n) is 2.60. The lowest BCUT2D eigenvalue weighted by Crippen LogP contribution is -2.00. The summed E-state index contributed by atoms with van der Waals surface area (Å²) in [6.45, 7) is 4.86. The fourth-order valence-corrected chi connectivity index (χ4v) is 2.06. The summed E-state index contributed by atoms with van der Waals surface area (Å²) in [4.78, 5) is 0. The minimum absolute atomic E-state index is 0.724. The first kappa shape index (κ1) is 11.3. The van der Waals surface area contributed by atoms with Gasteiger partial charge in [0.05, 0.1) is 12.8 Å². The Morgan fingerprint density at radius 2 is 2.00 bits per heavy atom. The number of hydrogen-bond donors (Lipinski definition) is 1. The van der Waals surface area contributed by atoms with Gasteiger partial charge in [0, 0.05) is 10.2 Å². The topological polar surface area (TPSA) is 25.2 Å². The fourth-order valence-electron chi connectivity index (χ4n) is 1.59. The molecule has 0 aliphatic carbocycles. The molecule has 0 spiro atoms. The molecule has 0 aliphatic heterocycles. The summed E-state index contributed by atoms with van der Waals surface area (Å²) < 4.78 is 6.48. The zero-order valence-electron chi connectivity index (χ0n) is 9.38. The van der Waals surface area contributed by atoms with Crippen molar-refractivity contribution in [3.05, 3.63) is 51.9 Å². The lowest BCUT2D eigenvalue weighted by atomic mass is 10.2. The predicted molar refractivity (Wildman–Crippen MR) is 69.7 cm³/mol. The SMILES string of the molecule is Cc1cc(Br)ccc1NCc1occc1C. The van der Waals surface area contributed by atoms with Gasteiger partial charge < -0.3 is 9.73 Å². The number of rotatable bonds is 3. The van der Waals surface area contributed by atoms with Crippen LogP contribution in [0.25, 0.3) is 0 Å². The molecule has 16 heavy (non-hydrogen) atoms. The Morgan fingerprint density at radius 1 is 1.19 bits per heavy atom. The van der Waals surface area contributed by atoms with E-state index < -0.39 is 0 Å². The van der Waals surface area contributed by atoms with Crippen molar-refractivity contribution in [2.75, 3.05) is 5.32 Å². The van der Waals surface area contributed by atoms with E-state index in [1.165, 1.54) is 11.1 Å². The van der Waals surface area contributed by atoms with Gasteiger partial charge >= 0.3 is 0 Å². The summed E-state index contributed by atoms with van der Waals surface area (Å²) in [5, 5.41) is 3.37. The molecule has 0 fully saturated rings. The summed E-state index contributed by atoms with van der Waals surface area (Å²) in [5.41, 5.74) is 3.54. The number of benzene rings is 1. The average molecular weight is 280 g/mol. The van der Waals surface area contributed by atoms with Crippen molar-refractivity contribution in [1.82, 2.24) is 0 Å². The molecule has 0 amide bonds. The van der Waals surface area contributed by atoms with Gasteiger partial charge in [-0.2, -0.15) is 0 Å². The zero-order chi connectivity index (χ0) is 11.5. The van der Waals surface area contributed by atoms with E-state index >= 15 is 0 Å². The Hall–Kier alpha value is -1.22. The molecule has 0 radical (unpaired) electrons. The minimum Gasteiger partial charge on any atom is -0.467 e. The van der Waals surface area contributed by atoms with Gasteiger partial charge in [-0.05, 0) is 49.2 Å². The van der Waals surface area contributed by atoms with Crippen LogP contribution in [0.2, 0.25) is 0 Å². The van der Waals surface area contributed by atoms with Crippen LogP contribution >= 0.6 is 15.9 Å². The molecule has 0 atom stereocenters. The predicted octanol–water partition coefficient (Wildman–Crippen LogP) is 4.27. The highest BCUT2D eigenvalue weighted by Gasteiger charge is 2.03. The minimum atomic E-state index is 0.724. The molecule has 0 bridgehead atoms. The second kappa shape index (κ2) is 4.74. The molecule has 0 aliphatic rings. The lowest BCUT2D eigenvalue weighted by Gasteiger charge is -2.08. The highest BCUT2D eigenvalue weighted by molar-refractivity contribution is 9.10. The van der Waals surface area contributed by atoms with Gasteiger partial charge in [-0.1, -0.05) is 15.9 Å². The molecular formula is C13H14BrNO. The monoisotopic (exact) mass is 279 g/mol. The summed E-state index contributed by atoms with van der Waals surface area (Å²) in [7, 11) is 0. The number of anilines is 1. The Morgan fingerprint density at radius 3 is 2.62 bits per heavy atom. The van der Waals surface area contributed by atoms with E-state index in [1.807, 2.05) is 12.1 Å². The Labute approximate surface area is 104 Å². The summed E-state index contributed by atoms with van der Waals surface area (Å²) in [6.07, 6.45) is 1.72. The highest BCUT2D eigenvalue weighted by Crippen LogP contribution is 2.21. The van der Waals surface area contributed by atoms with E-state index in [1.54, 1.807) is 6.26 Å². The van der Waals surface area contributed by atoms with E-state index in [2.05, 4.69) is 47.2 Å². The summed E-state index contributed by atoms with van der Waals surface area (Å²) in [5.74, 6) is 0.988. The molecule has 0 unspecified atom stereocenters. The van der Waals surface area contributed by atoms with Gasteiger partial charge in [-0.15, -0.1) is 0 Å².